The molecule has 21 heavy (non-hydrogen) atoms. The first-order valence-corrected chi connectivity index (χ1v) is 8.14. The number of hydrogen-bond acceptors (Lipinski definition) is 3. The Morgan fingerprint density at radius 3 is 2.29 bits per heavy atom. The Morgan fingerprint density at radius 1 is 1.05 bits per heavy atom. The van der Waals surface area contributed by atoms with Gasteiger partial charge in [-0.1, -0.05) is 57.9 Å². The van der Waals surface area contributed by atoms with E-state index in [1.165, 1.54) is 44.9 Å². The molecule has 1 aromatic rings. The molecule has 0 unspecified atom stereocenters. The average Bonchev–Trinajstić information content (AvgIpc) is 2.45. The van der Waals surface area contributed by atoms with Gasteiger partial charge in [-0.05, 0) is 25.0 Å². The second-order valence-electron chi connectivity index (χ2n) is 5.68. The highest BCUT2D eigenvalue weighted by atomic mass is 16.6. The van der Waals surface area contributed by atoms with Crippen LogP contribution < -0.4 is 5.32 Å². The minimum Gasteiger partial charge on any atom is -0.379 e. The molecule has 118 valence electrons. The fourth-order valence-corrected chi connectivity index (χ4v) is 2.43. The van der Waals surface area contributed by atoms with Crippen molar-refractivity contribution in [1.82, 2.24) is 0 Å². The van der Waals surface area contributed by atoms with Gasteiger partial charge in [0.1, 0.15) is 5.69 Å². The van der Waals surface area contributed by atoms with Crippen molar-refractivity contribution in [2.75, 3.05) is 11.9 Å². The molecule has 4 nitrogen and oxygen atoms in total. The normalized spacial score (nSPS) is 10.6. The molecule has 0 saturated carbocycles. The minimum atomic E-state index is -0.324. The molecule has 0 aliphatic rings. The van der Waals surface area contributed by atoms with E-state index in [9.17, 15) is 10.1 Å². The van der Waals surface area contributed by atoms with Gasteiger partial charge in [0.2, 0.25) is 0 Å². The number of benzene rings is 1. The first-order valence-electron chi connectivity index (χ1n) is 8.14. The molecule has 0 saturated heterocycles. The topological polar surface area (TPSA) is 55.2 Å². The largest absolute Gasteiger partial charge is 0.379 e. The maximum absolute atomic E-state index is 11.0. The first kappa shape index (κ1) is 17.5. The van der Waals surface area contributed by atoms with Gasteiger partial charge < -0.3 is 5.32 Å². The summed E-state index contributed by atoms with van der Waals surface area (Å²) in [4.78, 5) is 10.6. The van der Waals surface area contributed by atoms with Crippen molar-refractivity contribution in [2.24, 2.45) is 0 Å². The number of nitro groups is 1. The minimum absolute atomic E-state index is 0.167. The van der Waals surface area contributed by atoms with Gasteiger partial charge in [-0.3, -0.25) is 10.1 Å². The summed E-state index contributed by atoms with van der Waals surface area (Å²) in [5, 5.41) is 14.2. The van der Waals surface area contributed by atoms with E-state index in [4.69, 9.17) is 0 Å². The van der Waals surface area contributed by atoms with Crippen molar-refractivity contribution in [2.45, 2.75) is 65.2 Å². The molecule has 1 aromatic carbocycles. The maximum Gasteiger partial charge on any atom is 0.292 e. The predicted octanol–water partition coefficient (Wildman–Crippen LogP) is 5.46. The van der Waals surface area contributed by atoms with E-state index in [1.54, 1.807) is 12.1 Å². The average molecular weight is 292 g/mol. The number of nitrogens with one attached hydrogen (secondary N) is 1. The van der Waals surface area contributed by atoms with Crippen LogP contribution in [0.3, 0.4) is 0 Å². The lowest BCUT2D eigenvalue weighted by Gasteiger charge is -2.08. The van der Waals surface area contributed by atoms with Gasteiger partial charge in [-0.2, -0.15) is 0 Å². The summed E-state index contributed by atoms with van der Waals surface area (Å²) in [6.45, 7) is 4.99. The number of anilines is 1. The van der Waals surface area contributed by atoms with E-state index in [-0.39, 0.29) is 10.6 Å². The van der Waals surface area contributed by atoms with E-state index in [2.05, 4.69) is 12.2 Å². The molecule has 1 N–H and O–H groups in total. The van der Waals surface area contributed by atoms with Gasteiger partial charge in [0.05, 0.1) is 4.92 Å². The van der Waals surface area contributed by atoms with Crippen molar-refractivity contribution in [3.8, 4) is 0 Å². The SMILES string of the molecule is CCCCCCCCCCNc1cc(C)ccc1[N+](=O)[O-]. The van der Waals surface area contributed by atoms with E-state index in [0.29, 0.717) is 5.69 Å². The molecule has 0 aromatic heterocycles. The highest BCUT2D eigenvalue weighted by Crippen LogP contribution is 2.25. The van der Waals surface area contributed by atoms with Crippen LogP contribution in [0.15, 0.2) is 18.2 Å². The highest BCUT2D eigenvalue weighted by molar-refractivity contribution is 5.62. The zero-order valence-corrected chi connectivity index (χ0v) is 13.4. The molecule has 0 spiro atoms. The van der Waals surface area contributed by atoms with Crippen LogP contribution in [0.5, 0.6) is 0 Å². The molecule has 0 aliphatic heterocycles. The third-order valence-electron chi connectivity index (χ3n) is 3.69. The Labute approximate surface area is 128 Å². The van der Waals surface area contributed by atoms with Crippen molar-refractivity contribution in [1.29, 1.82) is 0 Å². The second kappa shape index (κ2) is 10.2. The van der Waals surface area contributed by atoms with Crippen LogP contribution in [0.25, 0.3) is 0 Å². The Hall–Kier alpha value is -1.58. The molecule has 0 atom stereocenters. The van der Waals surface area contributed by atoms with Crippen molar-refractivity contribution >= 4 is 11.4 Å². The smallest absolute Gasteiger partial charge is 0.292 e. The van der Waals surface area contributed by atoms with Crippen LogP contribution >= 0.6 is 0 Å². The van der Waals surface area contributed by atoms with Crippen LogP contribution in [-0.4, -0.2) is 11.5 Å². The van der Waals surface area contributed by atoms with Crippen LogP contribution in [0.4, 0.5) is 11.4 Å². The van der Waals surface area contributed by atoms with E-state index >= 15 is 0 Å². The third kappa shape index (κ3) is 7.11. The molecule has 0 amide bonds. The van der Waals surface area contributed by atoms with Gasteiger partial charge in [-0.25, -0.2) is 0 Å². The molecular formula is C17H28N2O2. The quantitative estimate of drug-likeness (QED) is 0.335. The lowest BCUT2D eigenvalue weighted by Crippen LogP contribution is -2.04. The Morgan fingerprint density at radius 2 is 1.67 bits per heavy atom. The molecule has 1 rings (SSSR count). The Kier molecular flexibility index (Phi) is 8.48. The highest BCUT2D eigenvalue weighted by Gasteiger charge is 2.12. The number of unbranched alkanes of at least 4 members (excludes halogenated alkanes) is 7. The van der Waals surface area contributed by atoms with Crippen molar-refractivity contribution < 1.29 is 4.92 Å². The molecule has 0 radical (unpaired) electrons. The molecule has 0 aliphatic carbocycles. The predicted molar refractivity (Wildman–Crippen MR) is 88.9 cm³/mol. The summed E-state index contributed by atoms with van der Waals surface area (Å²) in [6, 6.07) is 5.20. The Bertz CT molecular complexity index is 433. The molecule has 0 heterocycles. The lowest BCUT2D eigenvalue weighted by molar-refractivity contribution is -0.384. The fourth-order valence-electron chi connectivity index (χ4n) is 2.43. The van der Waals surface area contributed by atoms with Crippen LogP contribution in [-0.2, 0) is 0 Å². The van der Waals surface area contributed by atoms with Crippen LogP contribution in [0.1, 0.15) is 63.9 Å². The third-order valence-corrected chi connectivity index (χ3v) is 3.69. The van der Waals surface area contributed by atoms with Crippen molar-refractivity contribution in [3.63, 3.8) is 0 Å². The zero-order valence-electron chi connectivity index (χ0n) is 13.4. The summed E-state index contributed by atoms with van der Waals surface area (Å²) >= 11 is 0. The standard InChI is InChI=1S/C17H28N2O2/c1-3-4-5-6-7-8-9-10-13-18-16-14-15(2)11-12-17(16)19(20)21/h11-12,14,18H,3-10,13H2,1-2H3. The Balaban J connectivity index is 2.21. The summed E-state index contributed by atoms with van der Waals surface area (Å²) in [6.07, 6.45) is 10.2. The van der Waals surface area contributed by atoms with Gasteiger partial charge in [-0.15, -0.1) is 0 Å². The first-order chi connectivity index (χ1) is 10.1. The second-order valence-corrected chi connectivity index (χ2v) is 5.68. The summed E-state index contributed by atoms with van der Waals surface area (Å²) in [7, 11) is 0. The maximum atomic E-state index is 11.0. The molecule has 0 fully saturated rings. The van der Waals surface area contributed by atoms with E-state index in [0.717, 1.165) is 18.5 Å². The van der Waals surface area contributed by atoms with Gasteiger partial charge in [0, 0.05) is 12.6 Å². The molecule has 4 heteroatoms. The number of nitro benzene ring substituents is 1. The number of rotatable bonds is 11. The van der Waals surface area contributed by atoms with Gasteiger partial charge in [0.15, 0.2) is 0 Å². The number of hydrogen-bond donors (Lipinski definition) is 1. The van der Waals surface area contributed by atoms with E-state index < -0.39 is 0 Å². The monoisotopic (exact) mass is 292 g/mol. The van der Waals surface area contributed by atoms with Crippen LogP contribution in [0, 0.1) is 17.0 Å². The van der Waals surface area contributed by atoms with Gasteiger partial charge >= 0.3 is 0 Å². The molecular weight excluding hydrogens is 264 g/mol. The van der Waals surface area contributed by atoms with Crippen molar-refractivity contribution in [3.05, 3.63) is 33.9 Å². The van der Waals surface area contributed by atoms with Crippen LogP contribution in [0.2, 0.25) is 0 Å². The van der Waals surface area contributed by atoms with E-state index in [1.807, 2.05) is 13.0 Å². The summed E-state index contributed by atoms with van der Waals surface area (Å²) in [5.74, 6) is 0. The fraction of sp³-hybridized carbons (Fsp3) is 0.647. The summed E-state index contributed by atoms with van der Waals surface area (Å²) < 4.78 is 0. The number of nitrogens with zero attached hydrogens (tertiary/aromatic N) is 1. The summed E-state index contributed by atoms with van der Waals surface area (Å²) in [5.41, 5.74) is 1.85. The number of aryl methyl sites for hydroxylation is 1. The zero-order chi connectivity index (χ0) is 15.5. The lowest BCUT2D eigenvalue weighted by atomic mass is 10.1. The molecule has 0 bridgehead atoms. The van der Waals surface area contributed by atoms with Gasteiger partial charge in [0.25, 0.3) is 5.69 Å².